The maximum absolute atomic E-state index is 12.2. The number of nitrogens with two attached hydrogens (primary N) is 1. The summed E-state index contributed by atoms with van der Waals surface area (Å²) in [6.07, 6.45) is -3.10. The molecule has 0 saturated heterocycles. The summed E-state index contributed by atoms with van der Waals surface area (Å²) in [6.45, 7) is 0.180. The molecule has 1 aliphatic rings. The van der Waals surface area contributed by atoms with Gasteiger partial charge in [-0.15, -0.1) is 13.2 Å². The van der Waals surface area contributed by atoms with Crippen LogP contribution < -0.4 is 15.4 Å². The molecule has 2 amide bonds. The van der Waals surface area contributed by atoms with Gasteiger partial charge in [-0.1, -0.05) is 24.3 Å². The number of aliphatic hydroxyl groups excluding tert-OH is 1. The SMILES string of the molecule is O=C(NCc1ccc(OC(F)(F)F)cc1)[NH2+]c1cccc2c1CC(O)CC2. The summed E-state index contributed by atoms with van der Waals surface area (Å²) in [5.74, 6) is -0.307. The van der Waals surface area contributed by atoms with E-state index in [9.17, 15) is 23.1 Å². The highest BCUT2D eigenvalue weighted by atomic mass is 19.4. The van der Waals surface area contributed by atoms with Crippen LogP contribution in [0.3, 0.4) is 0 Å². The van der Waals surface area contributed by atoms with E-state index in [4.69, 9.17) is 0 Å². The molecule has 0 aliphatic heterocycles. The Morgan fingerprint density at radius 3 is 2.67 bits per heavy atom. The lowest BCUT2D eigenvalue weighted by Gasteiger charge is -2.21. The van der Waals surface area contributed by atoms with E-state index in [2.05, 4.69) is 10.1 Å². The molecule has 0 aromatic heterocycles. The van der Waals surface area contributed by atoms with E-state index in [0.717, 1.165) is 29.7 Å². The summed E-state index contributed by atoms with van der Waals surface area (Å²) in [6, 6.07) is 10.7. The van der Waals surface area contributed by atoms with Gasteiger partial charge in [0.15, 0.2) is 0 Å². The number of carbonyl (C=O) groups is 1. The van der Waals surface area contributed by atoms with Crippen molar-refractivity contribution < 1.29 is 33.1 Å². The molecular formula is C19H20F3N2O3+. The van der Waals surface area contributed by atoms with Crippen LogP contribution in [0.5, 0.6) is 5.75 Å². The fourth-order valence-corrected chi connectivity index (χ4v) is 3.12. The minimum atomic E-state index is -4.73. The van der Waals surface area contributed by atoms with Crippen LogP contribution in [0, 0.1) is 0 Å². The average molecular weight is 381 g/mol. The monoisotopic (exact) mass is 381 g/mol. The van der Waals surface area contributed by atoms with Crippen LogP contribution in [0.15, 0.2) is 42.5 Å². The van der Waals surface area contributed by atoms with E-state index in [1.165, 1.54) is 29.6 Å². The summed E-state index contributed by atoms with van der Waals surface area (Å²) in [4.78, 5) is 12.2. The Balaban J connectivity index is 1.56. The fraction of sp³-hybridized carbons (Fsp3) is 0.316. The molecule has 8 heteroatoms. The first-order valence-corrected chi connectivity index (χ1v) is 8.56. The van der Waals surface area contributed by atoms with Crippen molar-refractivity contribution in [3.05, 3.63) is 59.2 Å². The lowest BCUT2D eigenvalue weighted by molar-refractivity contribution is -0.465. The molecule has 0 radical (unpaired) electrons. The zero-order chi connectivity index (χ0) is 19.4. The second-order valence-electron chi connectivity index (χ2n) is 6.44. The minimum absolute atomic E-state index is 0.180. The van der Waals surface area contributed by atoms with E-state index in [0.29, 0.717) is 12.0 Å². The van der Waals surface area contributed by atoms with Gasteiger partial charge in [0.2, 0.25) is 0 Å². The molecule has 1 unspecified atom stereocenters. The summed E-state index contributed by atoms with van der Waals surface area (Å²) >= 11 is 0. The molecule has 1 aliphatic carbocycles. The molecule has 0 fully saturated rings. The Labute approximate surface area is 154 Å². The van der Waals surface area contributed by atoms with Gasteiger partial charge in [0, 0.05) is 18.5 Å². The topological polar surface area (TPSA) is 75.2 Å². The molecular weight excluding hydrogens is 361 g/mol. The molecule has 3 rings (SSSR count). The number of alkyl halides is 3. The number of aliphatic hydroxyl groups is 1. The lowest BCUT2D eigenvalue weighted by atomic mass is 9.88. The van der Waals surface area contributed by atoms with Crippen LogP contribution >= 0.6 is 0 Å². The Morgan fingerprint density at radius 2 is 1.96 bits per heavy atom. The largest absolute Gasteiger partial charge is 0.573 e. The van der Waals surface area contributed by atoms with E-state index >= 15 is 0 Å². The summed E-state index contributed by atoms with van der Waals surface area (Å²) in [5, 5.41) is 14.1. The maximum atomic E-state index is 12.2. The quantitative estimate of drug-likeness (QED) is 0.713. The van der Waals surface area contributed by atoms with E-state index in [-0.39, 0.29) is 18.3 Å². The van der Waals surface area contributed by atoms with Crippen LogP contribution in [-0.2, 0) is 19.4 Å². The molecule has 144 valence electrons. The number of urea groups is 1. The summed E-state index contributed by atoms with van der Waals surface area (Å²) in [5.41, 5.74) is 3.55. The third-order valence-electron chi connectivity index (χ3n) is 4.41. The highest BCUT2D eigenvalue weighted by Gasteiger charge is 2.31. The number of benzene rings is 2. The second kappa shape index (κ2) is 7.98. The number of carbonyl (C=O) groups excluding carboxylic acids is 1. The smallest absolute Gasteiger partial charge is 0.406 e. The van der Waals surface area contributed by atoms with Gasteiger partial charge in [-0.05, 0) is 42.2 Å². The highest BCUT2D eigenvalue weighted by molar-refractivity contribution is 5.67. The van der Waals surface area contributed by atoms with Crippen LogP contribution in [0.4, 0.5) is 23.7 Å². The van der Waals surface area contributed by atoms with Gasteiger partial charge < -0.3 is 15.2 Å². The Morgan fingerprint density at radius 1 is 1.22 bits per heavy atom. The zero-order valence-corrected chi connectivity index (χ0v) is 14.4. The number of rotatable bonds is 4. The van der Waals surface area contributed by atoms with Crippen molar-refractivity contribution in [2.75, 3.05) is 0 Å². The van der Waals surface area contributed by atoms with Gasteiger partial charge in [-0.25, -0.2) is 10.1 Å². The molecule has 2 aromatic carbocycles. The molecule has 0 spiro atoms. The molecule has 5 nitrogen and oxygen atoms in total. The number of aryl methyl sites for hydroxylation is 1. The lowest BCUT2D eigenvalue weighted by Crippen LogP contribution is -2.85. The number of amides is 2. The van der Waals surface area contributed by atoms with Gasteiger partial charge in [0.25, 0.3) is 0 Å². The third-order valence-corrected chi connectivity index (χ3v) is 4.41. The predicted octanol–water partition coefficient (Wildman–Crippen LogP) is 2.54. The Hall–Kier alpha value is -2.58. The minimum Gasteiger partial charge on any atom is -0.406 e. The molecule has 0 heterocycles. The van der Waals surface area contributed by atoms with Gasteiger partial charge in [-0.3, -0.25) is 0 Å². The van der Waals surface area contributed by atoms with Crippen molar-refractivity contribution in [3.63, 3.8) is 0 Å². The standard InChI is InChI=1S/C19H19F3N2O3/c20-19(21,22)27-15-8-4-12(5-9-15)11-23-18(26)24-17-3-1-2-13-6-7-14(25)10-16(13)17/h1-5,8-9,14,25H,6-7,10-11H2,(H2,23,24,26)/p+1. The van der Waals surface area contributed by atoms with Crippen molar-refractivity contribution in [3.8, 4) is 5.75 Å². The summed E-state index contributed by atoms with van der Waals surface area (Å²) in [7, 11) is 0. The first-order valence-electron chi connectivity index (χ1n) is 8.56. The van der Waals surface area contributed by atoms with Crippen LogP contribution in [0.2, 0.25) is 0 Å². The Bertz CT molecular complexity index is 807. The normalized spacial score (nSPS) is 16.5. The van der Waals surface area contributed by atoms with Gasteiger partial charge in [0.05, 0.1) is 6.10 Å². The van der Waals surface area contributed by atoms with Crippen LogP contribution in [-0.4, -0.2) is 23.6 Å². The number of fused-ring (bicyclic) bond motifs is 1. The fourth-order valence-electron chi connectivity index (χ4n) is 3.12. The number of hydrogen-bond acceptors (Lipinski definition) is 3. The first-order chi connectivity index (χ1) is 12.8. The average Bonchev–Trinajstić information content (AvgIpc) is 2.60. The van der Waals surface area contributed by atoms with Gasteiger partial charge >= 0.3 is 12.4 Å². The second-order valence-corrected chi connectivity index (χ2v) is 6.44. The van der Waals surface area contributed by atoms with Crippen LogP contribution in [0.25, 0.3) is 0 Å². The molecule has 27 heavy (non-hydrogen) atoms. The molecule has 2 aromatic rings. The molecule has 0 saturated carbocycles. The van der Waals surface area contributed by atoms with E-state index in [1.807, 2.05) is 18.2 Å². The summed E-state index contributed by atoms with van der Waals surface area (Å²) < 4.78 is 40.3. The highest BCUT2D eigenvalue weighted by Crippen LogP contribution is 2.25. The predicted molar refractivity (Wildman–Crippen MR) is 91.4 cm³/mol. The first kappa shape index (κ1) is 19.2. The number of nitrogens with one attached hydrogen (secondary N) is 1. The Kier molecular flexibility index (Phi) is 5.67. The molecule has 4 N–H and O–H groups in total. The van der Waals surface area contributed by atoms with Crippen molar-refractivity contribution in [1.29, 1.82) is 0 Å². The third kappa shape index (κ3) is 5.45. The van der Waals surface area contributed by atoms with E-state index < -0.39 is 12.5 Å². The number of halogens is 3. The van der Waals surface area contributed by atoms with Crippen molar-refractivity contribution in [2.24, 2.45) is 0 Å². The van der Waals surface area contributed by atoms with Crippen molar-refractivity contribution >= 4 is 11.7 Å². The van der Waals surface area contributed by atoms with Crippen LogP contribution in [0.1, 0.15) is 23.1 Å². The maximum Gasteiger partial charge on any atom is 0.573 e. The van der Waals surface area contributed by atoms with Crippen molar-refractivity contribution in [1.82, 2.24) is 5.32 Å². The number of hydrogen-bond donors (Lipinski definition) is 3. The van der Waals surface area contributed by atoms with Gasteiger partial charge in [0.1, 0.15) is 11.4 Å². The zero-order valence-electron chi connectivity index (χ0n) is 14.4. The van der Waals surface area contributed by atoms with Gasteiger partial charge in [-0.2, -0.15) is 0 Å². The number of ether oxygens (including phenoxy) is 1. The molecule has 0 bridgehead atoms. The van der Waals surface area contributed by atoms with Crippen molar-refractivity contribution in [2.45, 2.75) is 38.3 Å². The molecule has 1 atom stereocenters. The van der Waals surface area contributed by atoms with E-state index in [1.54, 1.807) is 0 Å². The number of quaternary nitrogens is 1. The number of primary amides is 1.